The minimum absolute atomic E-state index is 0.158. The maximum atomic E-state index is 13.7. The Bertz CT molecular complexity index is 730. The summed E-state index contributed by atoms with van der Waals surface area (Å²) in [6, 6.07) is 1.68. The van der Waals surface area contributed by atoms with E-state index in [1.807, 2.05) is 0 Å². The van der Waals surface area contributed by atoms with Crippen molar-refractivity contribution >= 4 is 16.1 Å². The highest BCUT2D eigenvalue weighted by atomic mass is 32.2. The van der Waals surface area contributed by atoms with Crippen LogP contribution in [0.1, 0.15) is 10.4 Å². The van der Waals surface area contributed by atoms with Gasteiger partial charge in [-0.2, -0.15) is 5.10 Å². The summed E-state index contributed by atoms with van der Waals surface area (Å²) >= 11 is 0. The van der Waals surface area contributed by atoms with Crippen molar-refractivity contribution in [2.24, 2.45) is 0 Å². The third-order valence-corrected chi connectivity index (χ3v) is 3.46. The minimum atomic E-state index is -3.51. The van der Waals surface area contributed by atoms with Crippen LogP contribution < -0.4 is 0 Å². The fraction of sp³-hybridized carbons (Fsp3) is 0.0909. The van der Waals surface area contributed by atoms with E-state index in [1.54, 1.807) is 0 Å². The van der Waals surface area contributed by atoms with Gasteiger partial charge in [0.15, 0.2) is 21.5 Å². The van der Waals surface area contributed by atoms with Gasteiger partial charge in [-0.05, 0) is 12.1 Å². The molecule has 0 fully saturated rings. The molecular weight excluding hydrogens is 278 g/mol. The lowest BCUT2D eigenvalue weighted by Crippen LogP contribution is -2.03. The molecule has 0 aliphatic rings. The summed E-state index contributed by atoms with van der Waals surface area (Å²) in [4.78, 5) is 10.3. The Morgan fingerprint density at radius 2 is 1.84 bits per heavy atom. The van der Waals surface area contributed by atoms with Crippen LogP contribution >= 0.6 is 0 Å². The number of hydrogen-bond acceptors (Lipinski definition) is 4. The Morgan fingerprint density at radius 1 is 1.26 bits per heavy atom. The number of hydrogen-bond donors (Lipinski definition) is 0. The zero-order valence-corrected chi connectivity index (χ0v) is 10.5. The molecule has 0 aliphatic carbocycles. The normalized spacial score (nSPS) is 11.5. The highest BCUT2D eigenvalue weighted by Crippen LogP contribution is 2.20. The highest BCUT2D eigenvalue weighted by molar-refractivity contribution is 7.90. The van der Waals surface area contributed by atoms with Crippen molar-refractivity contribution in [1.29, 1.82) is 0 Å². The first-order valence-corrected chi connectivity index (χ1v) is 6.91. The summed E-state index contributed by atoms with van der Waals surface area (Å²) in [5.74, 6) is -2.02. The predicted octanol–water partition coefficient (Wildman–Crippen LogP) is 1.37. The summed E-state index contributed by atoms with van der Waals surface area (Å²) in [5.41, 5.74) is -0.699. The quantitative estimate of drug-likeness (QED) is 0.799. The average Bonchev–Trinajstić information content (AvgIpc) is 2.76. The number of halogens is 2. The largest absolute Gasteiger partial charge is 0.298 e. The molecule has 2 rings (SSSR count). The zero-order valence-electron chi connectivity index (χ0n) is 9.67. The molecule has 0 saturated heterocycles. The zero-order chi connectivity index (χ0) is 14.2. The summed E-state index contributed by atoms with van der Waals surface area (Å²) in [5, 5.41) is 3.60. The van der Waals surface area contributed by atoms with E-state index in [-0.39, 0.29) is 10.5 Å². The first-order valence-electron chi connectivity index (χ1n) is 5.02. The van der Waals surface area contributed by atoms with Crippen molar-refractivity contribution in [2.75, 3.05) is 6.26 Å². The number of nitrogens with zero attached hydrogens (tertiary/aromatic N) is 2. The van der Waals surface area contributed by atoms with E-state index in [9.17, 15) is 22.0 Å². The molecule has 0 saturated carbocycles. The highest BCUT2D eigenvalue weighted by Gasteiger charge is 2.17. The van der Waals surface area contributed by atoms with Gasteiger partial charge in [-0.25, -0.2) is 21.9 Å². The van der Waals surface area contributed by atoms with Crippen molar-refractivity contribution < 1.29 is 22.0 Å². The molecule has 100 valence electrons. The van der Waals surface area contributed by atoms with Crippen LogP contribution in [0.25, 0.3) is 5.69 Å². The first-order chi connectivity index (χ1) is 8.82. The lowest BCUT2D eigenvalue weighted by molar-refractivity contribution is 0.112. The number of rotatable bonds is 3. The fourth-order valence-corrected chi connectivity index (χ4v) is 2.02. The summed E-state index contributed by atoms with van der Waals surface area (Å²) in [7, 11) is -3.51. The third kappa shape index (κ3) is 2.53. The number of sulfone groups is 1. The van der Waals surface area contributed by atoms with E-state index >= 15 is 0 Å². The third-order valence-electron chi connectivity index (χ3n) is 2.39. The molecule has 0 N–H and O–H groups in total. The number of carbonyl (C=O) groups excluding carboxylic acids is 1. The van der Waals surface area contributed by atoms with Crippen molar-refractivity contribution in [1.82, 2.24) is 9.78 Å². The molecule has 0 bridgehead atoms. The molecule has 0 unspecified atom stereocenters. The number of aldehydes is 1. The van der Waals surface area contributed by atoms with Gasteiger partial charge in [0, 0.05) is 18.0 Å². The van der Waals surface area contributed by atoms with Gasteiger partial charge in [0.2, 0.25) is 0 Å². The lowest BCUT2D eigenvalue weighted by Gasteiger charge is -2.05. The van der Waals surface area contributed by atoms with Gasteiger partial charge in [-0.3, -0.25) is 4.79 Å². The molecule has 8 heteroatoms. The van der Waals surface area contributed by atoms with Crippen molar-refractivity contribution in [3.63, 3.8) is 0 Å². The second-order valence-corrected chi connectivity index (χ2v) is 5.86. The van der Waals surface area contributed by atoms with Gasteiger partial charge < -0.3 is 0 Å². The van der Waals surface area contributed by atoms with Crippen molar-refractivity contribution in [2.45, 2.75) is 4.90 Å². The number of carbonyl (C=O) groups is 1. The Morgan fingerprint density at radius 3 is 2.26 bits per heavy atom. The van der Waals surface area contributed by atoms with Gasteiger partial charge in [0.05, 0.1) is 6.20 Å². The molecule has 0 aliphatic heterocycles. The van der Waals surface area contributed by atoms with Crippen LogP contribution in [0, 0.1) is 11.6 Å². The molecule has 0 radical (unpaired) electrons. The van der Waals surface area contributed by atoms with Crippen LogP contribution in [0.4, 0.5) is 8.78 Å². The molecule has 1 heterocycles. The molecule has 5 nitrogen and oxygen atoms in total. The molecule has 1 aromatic heterocycles. The molecule has 19 heavy (non-hydrogen) atoms. The van der Waals surface area contributed by atoms with Gasteiger partial charge in [0.1, 0.15) is 16.9 Å². The van der Waals surface area contributed by atoms with Crippen LogP contribution in [0.3, 0.4) is 0 Å². The lowest BCUT2D eigenvalue weighted by atomic mass is 10.2. The minimum Gasteiger partial charge on any atom is -0.298 e. The number of aromatic nitrogens is 2. The smallest absolute Gasteiger partial charge is 0.178 e. The average molecular weight is 286 g/mol. The molecule has 1 aromatic carbocycles. The van der Waals surface area contributed by atoms with E-state index in [0.717, 1.165) is 35.5 Å². The van der Waals surface area contributed by atoms with E-state index in [0.29, 0.717) is 6.29 Å². The second kappa shape index (κ2) is 4.54. The molecule has 0 amide bonds. The van der Waals surface area contributed by atoms with Crippen molar-refractivity contribution in [3.8, 4) is 5.69 Å². The monoisotopic (exact) mass is 286 g/mol. The van der Waals surface area contributed by atoms with Gasteiger partial charge in [-0.15, -0.1) is 0 Å². The standard InChI is InChI=1S/C11H8F2N2O3S/c1-19(17,18)8-4-14-15(5-8)11-9(12)2-7(6-16)3-10(11)13/h2-6H,1H3. The fourth-order valence-electron chi connectivity index (χ4n) is 1.49. The van der Waals surface area contributed by atoms with Gasteiger partial charge >= 0.3 is 0 Å². The van der Waals surface area contributed by atoms with Crippen LogP contribution in [-0.4, -0.2) is 30.7 Å². The van der Waals surface area contributed by atoms with Gasteiger partial charge in [0.25, 0.3) is 0 Å². The van der Waals surface area contributed by atoms with Crippen LogP contribution in [0.15, 0.2) is 29.4 Å². The second-order valence-electron chi connectivity index (χ2n) is 3.84. The molecular formula is C11H8F2N2O3S. The van der Waals surface area contributed by atoms with Crippen LogP contribution in [0.5, 0.6) is 0 Å². The Balaban J connectivity index is 2.60. The summed E-state index contributed by atoms with van der Waals surface area (Å²) in [6.45, 7) is 0. The SMILES string of the molecule is CS(=O)(=O)c1cnn(-c2c(F)cc(C=O)cc2F)c1. The van der Waals surface area contributed by atoms with E-state index < -0.39 is 27.2 Å². The van der Waals surface area contributed by atoms with Crippen molar-refractivity contribution in [3.05, 3.63) is 41.7 Å². The van der Waals surface area contributed by atoms with E-state index in [1.165, 1.54) is 0 Å². The predicted molar refractivity (Wildman–Crippen MR) is 62.0 cm³/mol. The summed E-state index contributed by atoms with van der Waals surface area (Å²) in [6.07, 6.45) is 3.25. The Labute approximate surface area is 107 Å². The topological polar surface area (TPSA) is 69.0 Å². The Hall–Kier alpha value is -2.09. The maximum absolute atomic E-state index is 13.7. The first kappa shape index (κ1) is 13.3. The Kier molecular flexibility index (Phi) is 3.19. The summed E-state index contributed by atoms with van der Waals surface area (Å²) < 4.78 is 50.7. The number of benzene rings is 1. The maximum Gasteiger partial charge on any atom is 0.178 e. The van der Waals surface area contributed by atoms with Gasteiger partial charge in [-0.1, -0.05) is 0 Å². The molecule has 2 aromatic rings. The van der Waals surface area contributed by atoms with Crippen LogP contribution in [-0.2, 0) is 9.84 Å². The van der Waals surface area contributed by atoms with Crippen LogP contribution in [0.2, 0.25) is 0 Å². The van der Waals surface area contributed by atoms with E-state index in [4.69, 9.17) is 0 Å². The molecule has 0 spiro atoms. The molecule has 0 atom stereocenters. The van der Waals surface area contributed by atoms with E-state index in [2.05, 4.69) is 5.10 Å².